The van der Waals surface area contributed by atoms with Crippen LogP contribution in [0.5, 0.6) is 0 Å². The Balaban J connectivity index is 2.90. The highest BCUT2D eigenvalue weighted by Crippen LogP contribution is 2.06. The van der Waals surface area contributed by atoms with Crippen LogP contribution < -0.4 is 21.3 Å². The summed E-state index contributed by atoms with van der Waals surface area (Å²) in [7, 11) is 3.03. The van der Waals surface area contributed by atoms with Crippen LogP contribution in [0, 0.1) is 0 Å². The third-order valence-corrected chi connectivity index (χ3v) is 6.29. The number of carbonyl (C=O) groups excluding carboxylic acids is 6. The van der Waals surface area contributed by atoms with Gasteiger partial charge in [0.2, 0.25) is 29.4 Å². The summed E-state index contributed by atoms with van der Waals surface area (Å²) in [6.45, 7) is 5.49. The van der Waals surface area contributed by atoms with E-state index in [1.54, 1.807) is 24.3 Å². The largest absolute Gasteiger partial charge is 0.349 e. The monoisotopic (exact) mass is 559 g/mol. The van der Waals surface area contributed by atoms with Crippen LogP contribution >= 0.6 is 0 Å². The summed E-state index contributed by atoms with van der Waals surface area (Å²) in [6.07, 6.45) is 4.32. The number of hydrogen-bond acceptors (Lipinski definition) is 6. The van der Waals surface area contributed by atoms with Crippen molar-refractivity contribution in [3.8, 4) is 0 Å². The molecule has 0 aromatic heterocycles. The summed E-state index contributed by atoms with van der Waals surface area (Å²) in [5.41, 5.74) is 0.806. The third kappa shape index (κ3) is 12.9. The van der Waals surface area contributed by atoms with Gasteiger partial charge in [-0.15, -0.1) is 0 Å². The third-order valence-electron chi connectivity index (χ3n) is 6.29. The molecule has 222 valence electrons. The second-order valence-electron chi connectivity index (χ2n) is 10.0. The van der Waals surface area contributed by atoms with E-state index in [4.69, 9.17) is 0 Å². The van der Waals surface area contributed by atoms with Gasteiger partial charge in [-0.05, 0) is 25.3 Å². The van der Waals surface area contributed by atoms with Gasteiger partial charge in [0.15, 0.2) is 0 Å². The number of carbonyl (C=O) groups is 6. The summed E-state index contributed by atoms with van der Waals surface area (Å²) < 4.78 is 0. The summed E-state index contributed by atoms with van der Waals surface area (Å²) in [4.78, 5) is 77.4. The number of unbranched alkanes of at least 4 members (excludes halogenated alkanes) is 3. The summed E-state index contributed by atoms with van der Waals surface area (Å²) >= 11 is 0. The first-order valence-electron chi connectivity index (χ1n) is 14.0. The standard InChI is InChI=1S/C29H45N5O6/c1-6-8-11-17-24(35)32-22(16-9-7-2)27(38)33-23(18-25(36)34(4)5)28(39)31-20(3)26(37)29(40)30-19-21-14-12-10-13-15-21/h10,12-15,20,22-23H,6-9,11,16-19H2,1-5H3,(H,30,40)(H,31,39)(H,32,35)(H,33,38)/t20?,22-,23-/m0/s1. The summed E-state index contributed by atoms with van der Waals surface area (Å²) in [6, 6.07) is 5.65. The van der Waals surface area contributed by atoms with Crippen LogP contribution in [0.3, 0.4) is 0 Å². The van der Waals surface area contributed by atoms with Crippen LogP contribution in [0.4, 0.5) is 0 Å². The minimum Gasteiger partial charge on any atom is -0.349 e. The van der Waals surface area contributed by atoms with E-state index in [2.05, 4.69) is 21.3 Å². The molecule has 0 saturated carbocycles. The number of nitrogens with one attached hydrogen (secondary N) is 4. The lowest BCUT2D eigenvalue weighted by molar-refractivity contribution is -0.141. The number of Topliss-reactive ketones (excluding diaryl/α,β-unsaturated/α-hetero) is 1. The number of nitrogens with zero attached hydrogens (tertiary/aromatic N) is 1. The number of amides is 5. The number of hydrogen-bond donors (Lipinski definition) is 4. The average molecular weight is 560 g/mol. The second kappa shape index (κ2) is 18.5. The molecule has 3 atom stereocenters. The molecule has 0 aliphatic heterocycles. The topological polar surface area (TPSA) is 154 Å². The first-order valence-corrected chi connectivity index (χ1v) is 14.0. The van der Waals surface area contributed by atoms with Crippen molar-refractivity contribution in [1.29, 1.82) is 0 Å². The van der Waals surface area contributed by atoms with E-state index < -0.39 is 47.5 Å². The fourth-order valence-corrected chi connectivity index (χ4v) is 3.76. The maximum atomic E-state index is 13.2. The number of rotatable bonds is 18. The van der Waals surface area contributed by atoms with Gasteiger partial charge in [0.1, 0.15) is 12.1 Å². The minimum absolute atomic E-state index is 0.144. The molecule has 0 aliphatic rings. The van der Waals surface area contributed by atoms with Crippen molar-refractivity contribution in [3.05, 3.63) is 35.9 Å². The molecule has 0 fully saturated rings. The highest BCUT2D eigenvalue weighted by Gasteiger charge is 2.31. The van der Waals surface area contributed by atoms with E-state index in [9.17, 15) is 28.8 Å². The quantitative estimate of drug-likeness (QED) is 0.158. The van der Waals surface area contributed by atoms with Crippen molar-refractivity contribution in [2.75, 3.05) is 14.1 Å². The molecule has 11 heteroatoms. The van der Waals surface area contributed by atoms with E-state index in [1.807, 2.05) is 19.9 Å². The van der Waals surface area contributed by atoms with Gasteiger partial charge in [0.25, 0.3) is 5.91 Å². The maximum absolute atomic E-state index is 13.2. The Hall–Kier alpha value is -3.76. The molecule has 1 aromatic rings. The molecule has 0 saturated heterocycles. The predicted octanol–water partition coefficient (Wildman–Crippen LogP) is 1.60. The lowest BCUT2D eigenvalue weighted by atomic mass is 10.1. The number of ketones is 1. The first kappa shape index (κ1) is 34.3. The van der Waals surface area contributed by atoms with Gasteiger partial charge in [-0.2, -0.15) is 0 Å². The fraction of sp³-hybridized carbons (Fsp3) is 0.586. The maximum Gasteiger partial charge on any atom is 0.289 e. The normalized spacial score (nSPS) is 12.8. The molecule has 1 aromatic carbocycles. The average Bonchev–Trinajstić information content (AvgIpc) is 2.93. The molecule has 5 amide bonds. The van der Waals surface area contributed by atoms with Crippen LogP contribution in [0.15, 0.2) is 30.3 Å². The Bertz CT molecular complexity index is 998. The van der Waals surface area contributed by atoms with Crippen LogP contribution in [-0.2, 0) is 35.3 Å². The van der Waals surface area contributed by atoms with Gasteiger partial charge in [0, 0.05) is 27.1 Å². The van der Waals surface area contributed by atoms with Gasteiger partial charge in [-0.25, -0.2) is 0 Å². The lowest BCUT2D eigenvalue weighted by Crippen LogP contribution is -2.57. The van der Waals surface area contributed by atoms with E-state index in [0.717, 1.165) is 24.8 Å². The molecule has 4 N–H and O–H groups in total. The highest BCUT2D eigenvalue weighted by atomic mass is 16.2. The summed E-state index contributed by atoms with van der Waals surface area (Å²) in [5.74, 6) is -3.79. The predicted molar refractivity (Wildman–Crippen MR) is 152 cm³/mol. The van der Waals surface area contributed by atoms with Crippen LogP contribution in [0.2, 0.25) is 0 Å². The molecular formula is C29H45N5O6. The van der Waals surface area contributed by atoms with E-state index in [-0.39, 0.29) is 18.9 Å². The van der Waals surface area contributed by atoms with Crippen molar-refractivity contribution >= 4 is 35.3 Å². The van der Waals surface area contributed by atoms with E-state index in [1.165, 1.54) is 25.9 Å². The molecule has 0 aliphatic carbocycles. The molecular weight excluding hydrogens is 514 g/mol. The Kier molecular flexibility index (Phi) is 15.9. The smallest absolute Gasteiger partial charge is 0.289 e. The minimum atomic E-state index is -1.31. The van der Waals surface area contributed by atoms with Crippen molar-refractivity contribution in [3.63, 3.8) is 0 Å². The van der Waals surface area contributed by atoms with E-state index in [0.29, 0.717) is 25.7 Å². The van der Waals surface area contributed by atoms with Gasteiger partial charge in [-0.1, -0.05) is 69.9 Å². The number of benzene rings is 1. The Labute approximate surface area is 237 Å². The Morgan fingerprint density at radius 2 is 1.43 bits per heavy atom. The van der Waals surface area contributed by atoms with Crippen molar-refractivity contribution < 1.29 is 28.8 Å². The van der Waals surface area contributed by atoms with Gasteiger partial charge in [-0.3, -0.25) is 28.8 Å². The lowest BCUT2D eigenvalue weighted by Gasteiger charge is -2.25. The molecule has 11 nitrogen and oxygen atoms in total. The second-order valence-corrected chi connectivity index (χ2v) is 10.0. The molecule has 0 radical (unpaired) electrons. The van der Waals surface area contributed by atoms with E-state index >= 15 is 0 Å². The summed E-state index contributed by atoms with van der Waals surface area (Å²) in [5, 5.41) is 10.3. The van der Waals surface area contributed by atoms with Crippen LogP contribution in [0.25, 0.3) is 0 Å². The van der Waals surface area contributed by atoms with Crippen LogP contribution in [0.1, 0.15) is 77.7 Å². The van der Waals surface area contributed by atoms with Gasteiger partial charge in [0.05, 0.1) is 12.5 Å². The van der Waals surface area contributed by atoms with Crippen molar-refractivity contribution in [2.24, 2.45) is 0 Å². The zero-order valence-corrected chi connectivity index (χ0v) is 24.4. The molecule has 0 bridgehead atoms. The first-order chi connectivity index (χ1) is 19.0. The zero-order chi connectivity index (χ0) is 30.1. The fourth-order valence-electron chi connectivity index (χ4n) is 3.76. The molecule has 1 rings (SSSR count). The van der Waals surface area contributed by atoms with Gasteiger partial charge < -0.3 is 26.2 Å². The van der Waals surface area contributed by atoms with Crippen LogP contribution in [-0.4, -0.2) is 72.4 Å². The molecule has 0 heterocycles. The zero-order valence-electron chi connectivity index (χ0n) is 24.4. The van der Waals surface area contributed by atoms with Crippen molar-refractivity contribution in [2.45, 2.75) is 96.8 Å². The molecule has 40 heavy (non-hydrogen) atoms. The van der Waals surface area contributed by atoms with Crippen molar-refractivity contribution in [1.82, 2.24) is 26.2 Å². The highest BCUT2D eigenvalue weighted by molar-refractivity contribution is 6.38. The molecule has 1 unspecified atom stereocenters. The Morgan fingerprint density at radius 1 is 0.800 bits per heavy atom. The SMILES string of the molecule is CCCCCC(=O)N[C@@H](CCCC)C(=O)N[C@@H](CC(=O)N(C)C)C(=O)NC(C)C(=O)C(=O)NCc1ccccc1. The molecule has 0 spiro atoms. The Morgan fingerprint density at radius 3 is 2.02 bits per heavy atom. The van der Waals surface area contributed by atoms with Gasteiger partial charge >= 0.3 is 0 Å².